The summed E-state index contributed by atoms with van der Waals surface area (Å²) in [5.74, 6) is 0.883. The topological polar surface area (TPSA) is 17.1 Å². The fourth-order valence-electron chi connectivity index (χ4n) is 1.60. The highest BCUT2D eigenvalue weighted by atomic mass is 32.2. The van der Waals surface area contributed by atoms with Crippen LogP contribution in [-0.4, -0.2) is 12.0 Å². The largest absolute Gasteiger partial charge is 0.303 e. The summed E-state index contributed by atoms with van der Waals surface area (Å²) in [5.41, 5.74) is 3.94. The van der Waals surface area contributed by atoms with Crippen molar-refractivity contribution in [2.24, 2.45) is 0 Å². The summed E-state index contributed by atoms with van der Waals surface area (Å²) in [7, 11) is 0. The minimum absolute atomic E-state index is 0.636. The van der Waals surface area contributed by atoms with Gasteiger partial charge in [0.05, 0.1) is 0 Å². The molecule has 0 atom stereocenters. The third kappa shape index (κ3) is 2.88. The Bertz CT molecular complexity index is 308. The lowest BCUT2D eigenvalue weighted by atomic mass is 10.1. The summed E-state index contributed by atoms with van der Waals surface area (Å²) in [5, 5.41) is 0. The number of rotatable bonds is 4. The van der Waals surface area contributed by atoms with Crippen LogP contribution in [0.1, 0.15) is 23.1 Å². The first kappa shape index (κ1) is 11.3. The lowest BCUT2D eigenvalue weighted by Gasteiger charge is -2.09. The minimum atomic E-state index is 0.636. The van der Waals surface area contributed by atoms with Gasteiger partial charge in [-0.1, -0.05) is 17.7 Å². The molecule has 0 aliphatic rings. The zero-order valence-electron chi connectivity index (χ0n) is 8.96. The van der Waals surface area contributed by atoms with E-state index in [0.29, 0.717) is 6.42 Å². The number of hydrogen-bond donors (Lipinski definition) is 0. The van der Waals surface area contributed by atoms with Gasteiger partial charge in [0.2, 0.25) is 0 Å². The first-order valence-electron chi connectivity index (χ1n) is 4.79. The Morgan fingerprint density at radius 2 is 1.79 bits per heavy atom. The van der Waals surface area contributed by atoms with Gasteiger partial charge in [-0.15, -0.1) is 11.8 Å². The monoisotopic (exact) mass is 208 g/mol. The van der Waals surface area contributed by atoms with Gasteiger partial charge in [-0.05, 0) is 31.9 Å². The lowest BCUT2D eigenvalue weighted by molar-refractivity contribution is -0.107. The number of benzene rings is 1. The second-order valence-electron chi connectivity index (χ2n) is 3.53. The summed E-state index contributed by atoms with van der Waals surface area (Å²) >= 11 is 1.78. The summed E-state index contributed by atoms with van der Waals surface area (Å²) in [4.78, 5) is 11.5. The van der Waals surface area contributed by atoms with E-state index < -0.39 is 0 Å². The summed E-state index contributed by atoms with van der Waals surface area (Å²) in [6.07, 6.45) is 1.61. The lowest BCUT2D eigenvalue weighted by Crippen LogP contribution is -1.89. The molecule has 0 fully saturated rings. The Hall–Kier alpha value is -0.760. The molecule has 0 amide bonds. The van der Waals surface area contributed by atoms with Crippen LogP contribution < -0.4 is 0 Å². The van der Waals surface area contributed by atoms with Gasteiger partial charge in [0, 0.05) is 17.1 Å². The first-order valence-corrected chi connectivity index (χ1v) is 5.78. The van der Waals surface area contributed by atoms with E-state index in [1.54, 1.807) is 11.8 Å². The van der Waals surface area contributed by atoms with Crippen LogP contribution in [0.3, 0.4) is 0 Å². The van der Waals surface area contributed by atoms with Crippen LogP contribution >= 0.6 is 11.8 Å². The molecule has 0 aromatic heterocycles. The summed E-state index contributed by atoms with van der Waals surface area (Å²) < 4.78 is 0. The van der Waals surface area contributed by atoms with Crippen LogP contribution in [0.4, 0.5) is 0 Å². The molecule has 2 heteroatoms. The average molecular weight is 208 g/mol. The van der Waals surface area contributed by atoms with E-state index in [4.69, 9.17) is 0 Å². The van der Waals surface area contributed by atoms with Crippen molar-refractivity contribution in [3.63, 3.8) is 0 Å². The maximum atomic E-state index is 10.2. The summed E-state index contributed by atoms with van der Waals surface area (Å²) in [6.45, 7) is 6.37. The van der Waals surface area contributed by atoms with Gasteiger partial charge in [0.1, 0.15) is 6.29 Å². The van der Waals surface area contributed by atoms with E-state index >= 15 is 0 Å². The quantitative estimate of drug-likeness (QED) is 0.429. The average Bonchev–Trinajstić information content (AvgIpc) is 2.09. The summed E-state index contributed by atoms with van der Waals surface area (Å²) in [6, 6.07) is 4.38. The predicted molar refractivity (Wildman–Crippen MR) is 62.1 cm³/mol. The van der Waals surface area contributed by atoms with Crippen LogP contribution in [0.25, 0.3) is 0 Å². The maximum Gasteiger partial charge on any atom is 0.120 e. The SMILES string of the molecule is Cc1cc(C)c(SCCC=O)c(C)c1. The molecule has 0 saturated heterocycles. The van der Waals surface area contributed by atoms with Crippen molar-refractivity contribution in [3.05, 3.63) is 28.8 Å². The number of aldehydes is 1. The zero-order valence-corrected chi connectivity index (χ0v) is 9.78. The van der Waals surface area contributed by atoms with Gasteiger partial charge in [0.15, 0.2) is 0 Å². The van der Waals surface area contributed by atoms with E-state index in [1.807, 2.05) is 0 Å². The molecule has 1 aromatic carbocycles. The van der Waals surface area contributed by atoms with E-state index in [1.165, 1.54) is 21.6 Å². The van der Waals surface area contributed by atoms with Gasteiger partial charge in [-0.2, -0.15) is 0 Å². The molecule has 0 N–H and O–H groups in total. The van der Waals surface area contributed by atoms with Gasteiger partial charge >= 0.3 is 0 Å². The Morgan fingerprint density at radius 1 is 1.21 bits per heavy atom. The van der Waals surface area contributed by atoms with Crippen LogP contribution in [0, 0.1) is 20.8 Å². The molecule has 0 unspecified atom stereocenters. The molecule has 76 valence electrons. The molecule has 0 aliphatic heterocycles. The Labute approximate surface area is 89.9 Å². The molecule has 0 saturated carbocycles. The first-order chi connectivity index (χ1) is 6.65. The molecule has 0 spiro atoms. The normalized spacial score (nSPS) is 10.2. The Morgan fingerprint density at radius 3 is 2.29 bits per heavy atom. The van der Waals surface area contributed by atoms with Crippen LogP contribution in [0.5, 0.6) is 0 Å². The van der Waals surface area contributed by atoms with E-state index in [-0.39, 0.29) is 0 Å². The highest BCUT2D eigenvalue weighted by Gasteiger charge is 2.03. The van der Waals surface area contributed by atoms with E-state index in [0.717, 1.165) is 12.0 Å². The van der Waals surface area contributed by atoms with Crippen molar-refractivity contribution in [2.75, 3.05) is 5.75 Å². The van der Waals surface area contributed by atoms with E-state index in [2.05, 4.69) is 32.9 Å². The number of aryl methyl sites for hydroxylation is 3. The molecule has 1 rings (SSSR count). The fourth-order valence-corrected chi connectivity index (χ4v) is 2.59. The fraction of sp³-hybridized carbons (Fsp3) is 0.417. The Balaban J connectivity index is 2.80. The highest BCUT2D eigenvalue weighted by molar-refractivity contribution is 7.99. The van der Waals surface area contributed by atoms with Crippen molar-refractivity contribution in [2.45, 2.75) is 32.1 Å². The highest BCUT2D eigenvalue weighted by Crippen LogP contribution is 2.27. The van der Waals surface area contributed by atoms with Crippen LogP contribution in [0.15, 0.2) is 17.0 Å². The maximum absolute atomic E-state index is 10.2. The zero-order chi connectivity index (χ0) is 10.6. The van der Waals surface area contributed by atoms with Crippen molar-refractivity contribution in [1.29, 1.82) is 0 Å². The van der Waals surface area contributed by atoms with Crippen molar-refractivity contribution >= 4 is 18.0 Å². The number of carbonyl (C=O) groups excluding carboxylic acids is 1. The van der Waals surface area contributed by atoms with Gasteiger partial charge < -0.3 is 4.79 Å². The number of thioether (sulfide) groups is 1. The molecule has 0 radical (unpaired) electrons. The molecule has 14 heavy (non-hydrogen) atoms. The van der Waals surface area contributed by atoms with Gasteiger partial charge in [0.25, 0.3) is 0 Å². The molecule has 0 bridgehead atoms. The Kier molecular flexibility index (Phi) is 4.21. The second-order valence-corrected chi connectivity index (χ2v) is 4.64. The van der Waals surface area contributed by atoms with Gasteiger partial charge in [-0.25, -0.2) is 0 Å². The molecule has 0 heterocycles. The molecular weight excluding hydrogens is 192 g/mol. The molecule has 1 aromatic rings. The molecule has 1 nitrogen and oxygen atoms in total. The van der Waals surface area contributed by atoms with Crippen molar-refractivity contribution < 1.29 is 4.79 Å². The number of carbonyl (C=O) groups is 1. The third-order valence-corrected chi connectivity index (χ3v) is 3.46. The van der Waals surface area contributed by atoms with Crippen LogP contribution in [-0.2, 0) is 4.79 Å². The van der Waals surface area contributed by atoms with Gasteiger partial charge in [-0.3, -0.25) is 0 Å². The molecule has 0 aliphatic carbocycles. The van der Waals surface area contributed by atoms with Crippen molar-refractivity contribution in [1.82, 2.24) is 0 Å². The third-order valence-electron chi connectivity index (χ3n) is 2.09. The van der Waals surface area contributed by atoms with Crippen molar-refractivity contribution in [3.8, 4) is 0 Å². The minimum Gasteiger partial charge on any atom is -0.303 e. The molecular formula is C12H16OS. The standard InChI is InChI=1S/C12H16OS/c1-9-7-10(2)12(11(3)8-9)14-6-4-5-13/h5,7-8H,4,6H2,1-3H3. The smallest absolute Gasteiger partial charge is 0.120 e. The van der Waals surface area contributed by atoms with Crippen LogP contribution in [0.2, 0.25) is 0 Å². The predicted octanol–water partition coefficient (Wildman–Crippen LogP) is 3.29. The number of hydrogen-bond acceptors (Lipinski definition) is 2. The second kappa shape index (κ2) is 5.20. The van der Waals surface area contributed by atoms with E-state index in [9.17, 15) is 4.79 Å².